The molecular formula is C26H36O6. The third-order valence-electron chi connectivity index (χ3n) is 7.24. The molecule has 0 amide bonds. The summed E-state index contributed by atoms with van der Waals surface area (Å²) in [6.07, 6.45) is 4.59. The van der Waals surface area contributed by atoms with Crippen LogP contribution in [0.2, 0.25) is 0 Å². The van der Waals surface area contributed by atoms with E-state index in [0.29, 0.717) is 18.5 Å². The monoisotopic (exact) mass is 444 g/mol. The van der Waals surface area contributed by atoms with Crippen molar-refractivity contribution in [2.45, 2.75) is 98.0 Å². The molecule has 6 nitrogen and oxygen atoms in total. The quantitative estimate of drug-likeness (QED) is 0.310. The molecule has 0 N–H and O–H groups in total. The SMILES string of the molecule is CCC(=O)Oc1c(C(C)C)cc2c(c1OC(=O)CC)[C@@]1(OC=O)CCCC(C)(C)[C@@H]1CC2. The van der Waals surface area contributed by atoms with Crippen LogP contribution < -0.4 is 9.47 Å². The van der Waals surface area contributed by atoms with E-state index in [-0.39, 0.29) is 41.6 Å². The Bertz CT molecular complexity index is 900. The maximum absolute atomic E-state index is 12.5. The number of ether oxygens (including phenoxy) is 3. The van der Waals surface area contributed by atoms with Crippen molar-refractivity contribution in [2.75, 3.05) is 0 Å². The molecule has 0 aliphatic heterocycles. The summed E-state index contributed by atoms with van der Waals surface area (Å²) in [5, 5.41) is 0. The van der Waals surface area contributed by atoms with Crippen LogP contribution >= 0.6 is 0 Å². The fraction of sp³-hybridized carbons (Fsp3) is 0.654. The minimum absolute atomic E-state index is 0.0440. The molecule has 2 aliphatic carbocycles. The third kappa shape index (κ3) is 4.16. The molecule has 1 fully saturated rings. The zero-order valence-electron chi connectivity index (χ0n) is 20.2. The summed E-state index contributed by atoms with van der Waals surface area (Å²) in [7, 11) is 0. The molecule has 3 rings (SSSR count). The number of aryl methyl sites for hydroxylation is 1. The minimum atomic E-state index is -0.913. The van der Waals surface area contributed by atoms with Crippen molar-refractivity contribution < 1.29 is 28.6 Å². The Morgan fingerprint density at radius 3 is 2.28 bits per heavy atom. The van der Waals surface area contributed by atoms with E-state index in [1.54, 1.807) is 13.8 Å². The molecule has 0 bridgehead atoms. The number of hydrogen-bond acceptors (Lipinski definition) is 6. The van der Waals surface area contributed by atoms with Crippen LogP contribution in [-0.4, -0.2) is 18.4 Å². The normalized spacial score (nSPS) is 23.7. The largest absolute Gasteiger partial charge is 0.456 e. The molecule has 0 aromatic heterocycles. The summed E-state index contributed by atoms with van der Waals surface area (Å²) >= 11 is 0. The number of fused-ring (bicyclic) bond motifs is 3. The van der Waals surface area contributed by atoms with Crippen LogP contribution in [0.25, 0.3) is 0 Å². The summed E-state index contributed by atoms with van der Waals surface area (Å²) in [6.45, 7) is 12.4. The Hall–Kier alpha value is -2.37. The second-order valence-corrected chi connectivity index (χ2v) is 10.0. The van der Waals surface area contributed by atoms with Crippen LogP contribution in [-0.2, 0) is 31.1 Å². The van der Waals surface area contributed by atoms with Crippen molar-refractivity contribution in [3.05, 3.63) is 22.8 Å². The van der Waals surface area contributed by atoms with Crippen LogP contribution in [0.4, 0.5) is 0 Å². The fourth-order valence-corrected chi connectivity index (χ4v) is 5.68. The molecular weight excluding hydrogens is 408 g/mol. The molecule has 1 aromatic carbocycles. The van der Waals surface area contributed by atoms with Gasteiger partial charge in [-0.15, -0.1) is 0 Å². The molecule has 2 aliphatic rings. The van der Waals surface area contributed by atoms with Gasteiger partial charge in [-0.3, -0.25) is 14.4 Å². The van der Waals surface area contributed by atoms with Crippen LogP contribution in [0.3, 0.4) is 0 Å². The number of hydrogen-bond donors (Lipinski definition) is 0. The van der Waals surface area contributed by atoms with Crippen molar-refractivity contribution in [1.29, 1.82) is 0 Å². The molecule has 1 saturated carbocycles. The van der Waals surface area contributed by atoms with Gasteiger partial charge in [0.05, 0.1) is 0 Å². The Balaban J connectivity index is 2.37. The summed E-state index contributed by atoms with van der Waals surface area (Å²) in [4.78, 5) is 36.7. The van der Waals surface area contributed by atoms with E-state index in [9.17, 15) is 14.4 Å². The van der Waals surface area contributed by atoms with Gasteiger partial charge in [0.1, 0.15) is 5.60 Å². The third-order valence-corrected chi connectivity index (χ3v) is 7.24. The highest BCUT2D eigenvalue weighted by molar-refractivity contribution is 5.78. The van der Waals surface area contributed by atoms with Gasteiger partial charge in [-0.2, -0.15) is 0 Å². The predicted molar refractivity (Wildman–Crippen MR) is 121 cm³/mol. The molecule has 0 saturated heterocycles. The van der Waals surface area contributed by atoms with Gasteiger partial charge in [-0.05, 0) is 49.0 Å². The lowest BCUT2D eigenvalue weighted by molar-refractivity contribution is -0.173. The van der Waals surface area contributed by atoms with Crippen molar-refractivity contribution in [2.24, 2.45) is 11.3 Å². The number of esters is 2. The van der Waals surface area contributed by atoms with Gasteiger partial charge in [0.25, 0.3) is 6.47 Å². The zero-order valence-corrected chi connectivity index (χ0v) is 20.2. The molecule has 1 aromatic rings. The first-order valence-electron chi connectivity index (χ1n) is 11.8. The number of carbonyl (C=O) groups is 3. The summed E-state index contributed by atoms with van der Waals surface area (Å²) in [5.41, 5.74) is 1.56. The second kappa shape index (κ2) is 9.24. The van der Waals surface area contributed by atoms with E-state index in [0.717, 1.165) is 36.8 Å². The van der Waals surface area contributed by atoms with Crippen molar-refractivity contribution in [3.63, 3.8) is 0 Å². The van der Waals surface area contributed by atoms with Crippen LogP contribution in [0, 0.1) is 11.3 Å². The maximum atomic E-state index is 12.5. The highest BCUT2D eigenvalue weighted by Crippen LogP contribution is 2.61. The van der Waals surface area contributed by atoms with Crippen LogP contribution in [0.1, 0.15) is 103 Å². The van der Waals surface area contributed by atoms with Crippen molar-refractivity contribution in [1.82, 2.24) is 0 Å². The average Bonchev–Trinajstić information content (AvgIpc) is 2.73. The molecule has 0 heterocycles. The summed E-state index contributed by atoms with van der Waals surface area (Å²) in [5.74, 6) is -0.167. The first-order valence-corrected chi connectivity index (χ1v) is 11.8. The van der Waals surface area contributed by atoms with E-state index >= 15 is 0 Å². The van der Waals surface area contributed by atoms with E-state index in [4.69, 9.17) is 14.2 Å². The second-order valence-electron chi connectivity index (χ2n) is 10.0. The van der Waals surface area contributed by atoms with Gasteiger partial charge < -0.3 is 14.2 Å². The number of rotatable bonds is 7. The van der Waals surface area contributed by atoms with Gasteiger partial charge in [0.2, 0.25) is 0 Å². The van der Waals surface area contributed by atoms with Crippen LogP contribution in [0.5, 0.6) is 11.5 Å². The first-order chi connectivity index (χ1) is 15.1. The lowest BCUT2D eigenvalue weighted by Gasteiger charge is -2.54. The van der Waals surface area contributed by atoms with Gasteiger partial charge in [-0.1, -0.05) is 47.6 Å². The highest BCUT2D eigenvalue weighted by atomic mass is 16.6. The van der Waals surface area contributed by atoms with Crippen molar-refractivity contribution >= 4 is 18.4 Å². The first kappa shape index (κ1) is 24.3. The Morgan fingerprint density at radius 1 is 1.09 bits per heavy atom. The molecule has 0 unspecified atom stereocenters. The van der Waals surface area contributed by atoms with Crippen LogP contribution in [0.15, 0.2) is 6.07 Å². The standard InChI is InChI=1S/C26H36O6/c1-7-20(28)31-23-18(16(3)4)14-17-10-11-19-25(5,6)12-9-13-26(19,30-15-27)22(17)24(23)32-21(29)8-2/h14-16,19H,7-13H2,1-6H3/t19-,26+/m0/s1. The number of benzene rings is 1. The summed E-state index contributed by atoms with van der Waals surface area (Å²) < 4.78 is 17.7. The number of carbonyl (C=O) groups excluding carboxylic acids is 3. The topological polar surface area (TPSA) is 78.9 Å². The van der Waals surface area contributed by atoms with E-state index in [2.05, 4.69) is 19.9 Å². The minimum Gasteiger partial charge on any atom is -0.456 e. The molecule has 176 valence electrons. The smallest absolute Gasteiger partial charge is 0.311 e. The van der Waals surface area contributed by atoms with E-state index < -0.39 is 17.5 Å². The zero-order chi connectivity index (χ0) is 23.7. The molecule has 2 atom stereocenters. The lowest BCUT2D eigenvalue weighted by Crippen LogP contribution is -2.51. The van der Waals surface area contributed by atoms with Gasteiger partial charge in [-0.25, -0.2) is 0 Å². The van der Waals surface area contributed by atoms with Gasteiger partial charge in [0.15, 0.2) is 11.5 Å². The summed E-state index contributed by atoms with van der Waals surface area (Å²) in [6, 6.07) is 2.05. The average molecular weight is 445 g/mol. The maximum Gasteiger partial charge on any atom is 0.311 e. The van der Waals surface area contributed by atoms with Gasteiger partial charge in [0, 0.05) is 29.9 Å². The van der Waals surface area contributed by atoms with Gasteiger partial charge >= 0.3 is 11.9 Å². The lowest BCUT2D eigenvalue weighted by atomic mass is 9.54. The highest BCUT2D eigenvalue weighted by Gasteiger charge is 2.56. The van der Waals surface area contributed by atoms with Crippen molar-refractivity contribution in [3.8, 4) is 11.5 Å². The Morgan fingerprint density at radius 2 is 1.72 bits per heavy atom. The predicted octanol–water partition coefficient (Wildman–Crippen LogP) is 5.58. The fourth-order valence-electron chi connectivity index (χ4n) is 5.68. The Labute approximate surface area is 191 Å². The van der Waals surface area contributed by atoms with E-state index in [1.807, 2.05) is 13.8 Å². The molecule has 6 heteroatoms. The van der Waals surface area contributed by atoms with E-state index in [1.165, 1.54) is 0 Å². The molecule has 32 heavy (non-hydrogen) atoms. The Kier molecular flexibility index (Phi) is 7.01. The molecule has 0 spiro atoms. The molecule has 0 radical (unpaired) electrons.